The highest BCUT2D eigenvalue weighted by Crippen LogP contribution is 2.40. The van der Waals surface area contributed by atoms with E-state index in [0.29, 0.717) is 0 Å². The third-order valence-electron chi connectivity index (χ3n) is 5.13. The SMILES string of the molecule is CC(C)CCN(C)C1(CN)CCCC(C)C1C. The molecule has 0 aromatic rings. The summed E-state index contributed by atoms with van der Waals surface area (Å²) in [5.74, 6) is 2.32. The highest BCUT2D eigenvalue weighted by atomic mass is 15.2. The zero-order chi connectivity index (χ0) is 13.1. The van der Waals surface area contributed by atoms with Crippen LogP contribution in [0, 0.1) is 17.8 Å². The summed E-state index contributed by atoms with van der Waals surface area (Å²) in [4.78, 5) is 2.56. The minimum Gasteiger partial charge on any atom is -0.329 e. The highest BCUT2D eigenvalue weighted by Gasteiger charge is 2.43. The van der Waals surface area contributed by atoms with E-state index in [2.05, 4.69) is 39.6 Å². The van der Waals surface area contributed by atoms with Gasteiger partial charge in [0.2, 0.25) is 0 Å². The van der Waals surface area contributed by atoms with Crippen LogP contribution in [0.5, 0.6) is 0 Å². The second kappa shape index (κ2) is 6.19. The van der Waals surface area contributed by atoms with Crippen LogP contribution in [0.3, 0.4) is 0 Å². The maximum atomic E-state index is 6.16. The molecule has 0 aromatic heterocycles. The number of hydrogen-bond acceptors (Lipinski definition) is 2. The van der Waals surface area contributed by atoms with Gasteiger partial charge in [0, 0.05) is 12.1 Å². The molecule has 2 N–H and O–H groups in total. The summed E-state index contributed by atoms with van der Waals surface area (Å²) in [5.41, 5.74) is 6.41. The fraction of sp³-hybridized carbons (Fsp3) is 1.00. The van der Waals surface area contributed by atoms with E-state index in [1.165, 1.54) is 32.2 Å². The van der Waals surface area contributed by atoms with Gasteiger partial charge in [-0.1, -0.05) is 40.5 Å². The van der Waals surface area contributed by atoms with Gasteiger partial charge in [0.25, 0.3) is 0 Å². The quantitative estimate of drug-likeness (QED) is 0.800. The maximum Gasteiger partial charge on any atom is 0.0356 e. The van der Waals surface area contributed by atoms with Crippen LogP contribution in [0.25, 0.3) is 0 Å². The number of likely N-dealkylation sites (N-methyl/N-ethyl adjacent to an activating group) is 1. The minimum absolute atomic E-state index is 0.257. The van der Waals surface area contributed by atoms with E-state index in [1.54, 1.807) is 0 Å². The molecule has 0 aliphatic heterocycles. The molecule has 1 rings (SSSR count). The Bertz CT molecular complexity index is 227. The summed E-state index contributed by atoms with van der Waals surface area (Å²) in [6.45, 7) is 11.4. The van der Waals surface area contributed by atoms with Crippen molar-refractivity contribution in [2.75, 3.05) is 20.1 Å². The van der Waals surface area contributed by atoms with Gasteiger partial charge in [0.15, 0.2) is 0 Å². The molecule has 0 amide bonds. The molecular weight excluding hydrogens is 208 g/mol. The second-order valence-electron chi connectivity index (χ2n) is 6.57. The molecule has 0 saturated heterocycles. The summed E-state index contributed by atoms with van der Waals surface area (Å²) in [7, 11) is 2.28. The van der Waals surface area contributed by atoms with E-state index in [0.717, 1.165) is 24.3 Å². The molecular formula is C15H32N2. The standard InChI is InChI=1S/C15H32N2/c1-12(2)8-10-17(5)15(11-16)9-6-7-13(3)14(15)4/h12-14H,6-11,16H2,1-5H3. The predicted octanol–water partition coefficient (Wildman–Crippen LogP) is 3.12. The highest BCUT2D eigenvalue weighted by molar-refractivity contribution is 4.99. The van der Waals surface area contributed by atoms with Crippen LogP contribution in [-0.4, -0.2) is 30.6 Å². The second-order valence-corrected chi connectivity index (χ2v) is 6.57. The van der Waals surface area contributed by atoms with E-state index in [9.17, 15) is 0 Å². The average molecular weight is 240 g/mol. The fourth-order valence-electron chi connectivity index (χ4n) is 3.39. The third kappa shape index (κ3) is 3.23. The van der Waals surface area contributed by atoms with Crippen molar-refractivity contribution < 1.29 is 0 Å². The van der Waals surface area contributed by atoms with Gasteiger partial charge in [0.1, 0.15) is 0 Å². The van der Waals surface area contributed by atoms with Gasteiger partial charge in [-0.2, -0.15) is 0 Å². The molecule has 0 radical (unpaired) electrons. The van der Waals surface area contributed by atoms with Gasteiger partial charge in [0.05, 0.1) is 0 Å². The summed E-state index contributed by atoms with van der Waals surface area (Å²) >= 11 is 0. The molecule has 0 aromatic carbocycles. The van der Waals surface area contributed by atoms with Gasteiger partial charge < -0.3 is 5.73 Å². The topological polar surface area (TPSA) is 29.3 Å². The maximum absolute atomic E-state index is 6.16. The van der Waals surface area contributed by atoms with E-state index in [-0.39, 0.29) is 5.54 Å². The Balaban J connectivity index is 2.71. The zero-order valence-electron chi connectivity index (χ0n) is 12.5. The van der Waals surface area contributed by atoms with Crippen molar-refractivity contribution in [2.24, 2.45) is 23.5 Å². The van der Waals surface area contributed by atoms with Crippen LogP contribution >= 0.6 is 0 Å². The molecule has 3 atom stereocenters. The van der Waals surface area contributed by atoms with Crippen LogP contribution in [0.1, 0.15) is 53.4 Å². The van der Waals surface area contributed by atoms with Crippen LogP contribution in [0.15, 0.2) is 0 Å². The van der Waals surface area contributed by atoms with E-state index in [1.807, 2.05) is 0 Å². The van der Waals surface area contributed by atoms with Crippen molar-refractivity contribution >= 4 is 0 Å². The Kier molecular flexibility index (Phi) is 5.46. The molecule has 102 valence electrons. The van der Waals surface area contributed by atoms with E-state index < -0.39 is 0 Å². The van der Waals surface area contributed by atoms with Crippen molar-refractivity contribution in [3.05, 3.63) is 0 Å². The first-order valence-corrected chi connectivity index (χ1v) is 7.35. The number of nitrogens with zero attached hydrogens (tertiary/aromatic N) is 1. The molecule has 0 bridgehead atoms. The van der Waals surface area contributed by atoms with Crippen LogP contribution in [0.4, 0.5) is 0 Å². The van der Waals surface area contributed by atoms with E-state index in [4.69, 9.17) is 5.73 Å². The molecule has 3 unspecified atom stereocenters. The molecule has 1 saturated carbocycles. The van der Waals surface area contributed by atoms with Gasteiger partial charge in [-0.3, -0.25) is 4.90 Å². The predicted molar refractivity (Wildman–Crippen MR) is 76.0 cm³/mol. The Labute approximate surface area is 108 Å². The first-order valence-electron chi connectivity index (χ1n) is 7.35. The van der Waals surface area contributed by atoms with Crippen molar-refractivity contribution in [2.45, 2.75) is 58.9 Å². The Morgan fingerprint density at radius 2 is 2.00 bits per heavy atom. The lowest BCUT2D eigenvalue weighted by molar-refractivity contribution is 0.00428. The normalized spacial score (nSPS) is 34.6. The molecule has 2 nitrogen and oxygen atoms in total. The summed E-state index contributed by atoms with van der Waals surface area (Å²) in [6.07, 6.45) is 5.28. The summed E-state index contributed by atoms with van der Waals surface area (Å²) in [5, 5.41) is 0. The van der Waals surface area contributed by atoms with Gasteiger partial charge in [-0.25, -0.2) is 0 Å². The van der Waals surface area contributed by atoms with Crippen molar-refractivity contribution in [3.63, 3.8) is 0 Å². The largest absolute Gasteiger partial charge is 0.329 e. The van der Waals surface area contributed by atoms with Crippen molar-refractivity contribution in [3.8, 4) is 0 Å². The lowest BCUT2D eigenvalue weighted by Crippen LogP contribution is -2.59. The lowest BCUT2D eigenvalue weighted by atomic mass is 9.67. The summed E-state index contributed by atoms with van der Waals surface area (Å²) < 4.78 is 0. The molecule has 0 spiro atoms. The average Bonchev–Trinajstić information content (AvgIpc) is 2.30. The number of rotatable bonds is 5. The molecule has 0 heterocycles. The monoisotopic (exact) mass is 240 g/mol. The van der Waals surface area contributed by atoms with Crippen LogP contribution < -0.4 is 5.73 Å². The number of hydrogen-bond donors (Lipinski definition) is 1. The van der Waals surface area contributed by atoms with Crippen molar-refractivity contribution in [1.82, 2.24) is 4.90 Å². The Morgan fingerprint density at radius 3 is 2.53 bits per heavy atom. The Hall–Kier alpha value is -0.0800. The van der Waals surface area contributed by atoms with E-state index >= 15 is 0 Å². The first kappa shape index (κ1) is 15.0. The molecule has 1 fully saturated rings. The molecule has 1 aliphatic carbocycles. The third-order valence-corrected chi connectivity index (χ3v) is 5.13. The molecule has 1 aliphatic rings. The van der Waals surface area contributed by atoms with Crippen LogP contribution in [-0.2, 0) is 0 Å². The fourth-order valence-corrected chi connectivity index (χ4v) is 3.39. The Morgan fingerprint density at radius 1 is 1.35 bits per heavy atom. The first-order chi connectivity index (χ1) is 7.94. The zero-order valence-corrected chi connectivity index (χ0v) is 12.5. The van der Waals surface area contributed by atoms with Gasteiger partial charge in [-0.15, -0.1) is 0 Å². The smallest absolute Gasteiger partial charge is 0.0356 e. The van der Waals surface area contributed by atoms with Gasteiger partial charge in [-0.05, 0) is 44.2 Å². The number of nitrogens with two attached hydrogens (primary N) is 1. The van der Waals surface area contributed by atoms with Crippen LogP contribution in [0.2, 0.25) is 0 Å². The minimum atomic E-state index is 0.257. The molecule has 17 heavy (non-hydrogen) atoms. The molecule has 2 heteroatoms. The summed E-state index contributed by atoms with van der Waals surface area (Å²) in [6, 6.07) is 0. The lowest BCUT2D eigenvalue weighted by Gasteiger charge is -2.51. The van der Waals surface area contributed by atoms with Crippen molar-refractivity contribution in [1.29, 1.82) is 0 Å². The van der Waals surface area contributed by atoms with Gasteiger partial charge >= 0.3 is 0 Å².